The van der Waals surface area contributed by atoms with Crippen LogP contribution in [-0.4, -0.2) is 32.3 Å². The van der Waals surface area contributed by atoms with E-state index >= 15 is 0 Å². The lowest BCUT2D eigenvalue weighted by molar-refractivity contribution is -0.0960. The van der Waals surface area contributed by atoms with E-state index in [1.54, 1.807) is 0 Å². The van der Waals surface area contributed by atoms with Crippen molar-refractivity contribution in [1.29, 1.82) is 0 Å². The Kier molecular flexibility index (Phi) is 4.28. The van der Waals surface area contributed by atoms with Gasteiger partial charge in [-0.3, -0.25) is 0 Å². The van der Waals surface area contributed by atoms with Crippen molar-refractivity contribution in [1.82, 2.24) is 5.32 Å². The van der Waals surface area contributed by atoms with Crippen molar-refractivity contribution in [3.8, 4) is 0 Å². The second-order valence-electron chi connectivity index (χ2n) is 7.38. The molecule has 0 aromatic rings. The molecule has 1 heterocycles. The molecule has 102 valence electrons. The van der Waals surface area contributed by atoms with E-state index in [9.17, 15) is 0 Å². The fraction of sp³-hybridized carbons (Fsp3) is 1.00. The molecule has 1 saturated heterocycles. The molecule has 1 rings (SSSR count). The van der Waals surface area contributed by atoms with Crippen LogP contribution in [0.2, 0.25) is 0 Å². The van der Waals surface area contributed by atoms with Crippen molar-refractivity contribution < 1.29 is 4.74 Å². The van der Waals surface area contributed by atoms with Gasteiger partial charge in [0.05, 0.1) is 12.7 Å². The predicted octanol–water partition coefficient (Wildman–Crippen LogP) is 2.01. The monoisotopic (exact) mass is 242 g/mol. The molecule has 1 fully saturated rings. The van der Waals surface area contributed by atoms with Crippen LogP contribution in [0.3, 0.4) is 0 Å². The average Bonchev–Trinajstić information content (AvgIpc) is 2.37. The van der Waals surface area contributed by atoms with E-state index in [1.807, 2.05) is 0 Å². The summed E-state index contributed by atoms with van der Waals surface area (Å²) in [5.74, 6) is 0. The first-order chi connectivity index (χ1) is 7.64. The topological polar surface area (TPSA) is 47.3 Å². The molecule has 0 aromatic heterocycles. The highest BCUT2D eigenvalue weighted by Crippen LogP contribution is 2.51. The highest BCUT2D eigenvalue weighted by Gasteiger charge is 2.51. The van der Waals surface area contributed by atoms with E-state index in [2.05, 4.69) is 46.9 Å². The summed E-state index contributed by atoms with van der Waals surface area (Å²) < 4.78 is 6.03. The van der Waals surface area contributed by atoms with Gasteiger partial charge < -0.3 is 15.8 Å². The Labute approximate surface area is 106 Å². The van der Waals surface area contributed by atoms with Gasteiger partial charge in [-0.25, -0.2) is 0 Å². The van der Waals surface area contributed by atoms with Gasteiger partial charge in [-0.15, -0.1) is 0 Å². The summed E-state index contributed by atoms with van der Waals surface area (Å²) in [5.41, 5.74) is 6.24. The zero-order valence-electron chi connectivity index (χ0n) is 12.4. The van der Waals surface area contributed by atoms with Crippen LogP contribution < -0.4 is 11.1 Å². The van der Waals surface area contributed by atoms with Crippen LogP contribution in [0.25, 0.3) is 0 Å². The van der Waals surface area contributed by atoms with E-state index < -0.39 is 0 Å². The maximum absolute atomic E-state index is 6.03. The van der Waals surface area contributed by atoms with E-state index in [-0.39, 0.29) is 22.3 Å². The minimum atomic E-state index is 0.129. The molecule has 1 unspecified atom stereocenters. The highest BCUT2D eigenvalue weighted by molar-refractivity contribution is 5.01. The van der Waals surface area contributed by atoms with Crippen molar-refractivity contribution in [3.05, 3.63) is 0 Å². The van der Waals surface area contributed by atoms with Crippen molar-refractivity contribution in [2.75, 3.05) is 26.2 Å². The zero-order chi connectivity index (χ0) is 13.3. The molecular formula is C14H30N2O. The Morgan fingerprint density at radius 2 is 1.71 bits per heavy atom. The van der Waals surface area contributed by atoms with Gasteiger partial charge in [0, 0.05) is 25.0 Å². The van der Waals surface area contributed by atoms with E-state index in [0.29, 0.717) is 6.54 Å². The molecule has 17 heavy (non-hydrogen) atoms. The molecule has 0 radical (unpaired) electrons. The molecule has 1 aliphatic heterocycles. The zero-order valence-corrected chi connectivity index (χ0v) is 12.4. The molecule has 0 spiro atoms. The minimum Gasteiger partial charge on any atom is -0.375 e. The summed E-state index contributed by atoms with van der Waals surface area (Å²) in [6, 6.07) is 0. The Morgan fingerprint density at radius 1 is 1.18 bits per heavy atom. The van der Waals surface area contributed by atoms with E-state index in [4.69, 9.17) is 10.5 Å². The number of hydrogen-bond donors (Lipinski definition) is 2. The number of nitrogens with one attached hydrogen (secondary N) is 1. The molecule has 3 nitrogen and oxygen atoms in total. The van der Waals surface area contributed by atoms with Gasteiger partial charge in [0.15, 0.2) is 0 Å². The Bertz CT molecular complexity index is 236. The summed E-state index contributed by atoms with van der Waals surface area (Å²) >= 11 is 0. The van der Waals surface area contributed by atoms with Crippen LogP contribution in [0.15, 0.2) is 0 Å². The lowest BCUT2D eigenvalue weighted by atomic mass is 9.54. The molecule has 0 aliphatic carbocycles. The van der Waals surface area contributed by atoms with Gasteiger partial charge in [0.25, 0.3) is 0 Å². The Balaban J connectivity index is 3.01. The van der Waals surface area contributed by atoms with E-state index in [1.165, 1.54) is 0 Å². The van der Waals surface area contributed by atoms with Gasteiger partial charge in [-0.05, 0) is 10.8 Å². The van der Waals surface area contributed by atoms with Gasteiger partial charge >= 0.3 is 0 Å². The molecule has 3 N–H and O–H groups in total. The summed E-state index contributed by atoms with van der Waals surface area (Å²) in [6.45, 7) is 17.1. The molecule has 1 atom stereocenters. The SMILES string of the molecule is CC(C)(C)C1(C(C)(C)C)CNCC(CN)OC1. The Morgan fingerprint density at radius 3 is 2.12 bits per heavy atom. The number of rotatable bonds is 1. The maximum atomic E-state index is 6.03. The molecular weight excluding hydrogens is 212 g/mol. The van der Waals surface area contributed by atoms with Crippen molar-refractivity contribution in [2.24, 2.45) is 22.0 Å². The third kappa shape index (κ3) is 2.83. The average molecular weight is 242 g/mol. The number of nitrogens with two attached hydrogens (primary N) is 1. The predicted molar refractivity (Wildman–Crippen MR) is 73.0 cm³/mol. The number of ether oxygens (including phenoxy) is 1. The maximum Gasteiger partial charge on any atom is 0.0821 e. The third-order valence-corrected chi connectivity index (χ3v) is 4.50. The third-order valence-electron chi connectivity index (χ3n) is 4.50. The smallest absolute Gasteiger partial charge is 0.0821 e. The van der Waals surface area contributed by atoms with Gasteiger partial charge in [-0.1, -0.05) is 41.5 Å². The highest BCUT2D eigenvalue weighted by atomic mass is 16.5. The van der Waals surface area contributed by atoms with Crippen LogP contribution in [0, 0.1) is 16.2 Å². The molecule has 0 aromatic carbocycles. The summed E-state index contributed by atoms with van der Waals surface area (Å²) in [5, 5.41) is 3.55. The molecule has 0 bridgehead atoms. The molecule has 0 saturated carbocycles. The standard InChI is InChI=1S/C14H30N2O/c1-12(2,3)14(13(4,5)6)9-16-8-11(7-15)17-10-14/h11,16H,7-10,15H2,1-6H3. The first kappa shape index (κ1) is 14.9. The normalized spacial score (nSPS) is 26.6. The van der Waals surface area contributed by atoms with Gasteiger partial charge in [-0.2, -0.15) is 0 Å². The van der Waals surface area contributed by atoms with Crippen LogP contribution in [0.4, 0.5) is 0 Å². The number of hydrogen-bond acceptors (Lipinski definition) is 3. The lowest BCUT2D eigenvalue weighted by Gasteiger charge is -2.53. The van der Waals surface area contributed by atoms with Gasteiger partial charge in [0.1, 0.15) is 0 Å². The summed E-state index contributed by atoms with van der Waals surface area (Å²) in [7, 11) is 0. The summed E-state index contributed by atoms with van der Waals surface area (Å²) in [6.07, 6.45) is 0.154. The summed E-state index contributed by atoms with van der Waals surface area (Å²) in [4.78, 5) is 0. The van der Waals surface area contributed by atoms with Crippen molar-refractivity contribution >= 4 is 0 Å². The Hall–Kier alpha value is -0.120. The largest absolute Gasteiger partial charge is 0.375 e. The van der Waals surface area contributed by atoms with E-state index in [0.717, 1.165) is 19.7 Å². The van der Waals surface area contributed by atoms with Crippen LogP contribution in [-0.2, 0) is 4.74 Å². The minimum absolute atomic E-state index is 0.129. The molecule has 1 aliphatic rings. The van der Waals surface area contributed by atoms with Crippen molar-refractivity contribution in [2.45, 2.75) is 47.6 Å². The van der Waals surface area contributed by atoms with Gasteiger partial charge in [0.2, 0.25) is 0 Å². The first-order valence-electron chi connectivity index (χ1n) is 6.66. The lowest BCUT2D eigenvalue weighted by Crippen LogP contribution is -2.54. The van der Waals surface area contributed by atoms with Crippen molar-refractivity contribution in [3.63, 3.8) is 0 Å². The fourth-order valence-corrected chi connectivity index (χ4v) is 3.06. The second kappa shape index (κ2) is 4.87. The molecule has 0 amide bonds. The quantitative estimate of drug-likeness (QED) is 0.739. The molecule has 3 heteroatoms. The second-order valence-corrected chi connectivity index (χ2v) is 7.38. The van der Waals surface area contributed by atoms with Crippen LogP contribution >= 0.6 is 0 Å². The fourth-order valence-electron chi connectivity index (χ4n) is 3.06. The van der Waals surface area contributed by atoms with Crippen LogP contribution in [0.5, 0.6) is 0 Å². The first-order valence-corrected chi connectivity index (χ1v) is 6.66. The van der Waals surface area contributed by atoms with Crippen LogP contribution in [0.1, 0.15) is 41.5 Å².